The van der Waals surface area contributed by atoms with Crippen LogP contribution in [0.15, 0.2) is 12.1 Å². The van der Waals surface area contributed by atoms with Crippen molar-refractivity contribution in [3.63, 3.8) is 0 Å². The highest BCUT2D eigenvalue weighted by Crippen LogP contribution is 2.23. The molecule has 0 aromatic carbocycles. The van der Waals surface area contributed by atoms with Gasteiger partial charge >= 0.3 is 5.00 Å². The highest BCUT2D eigenvalue weighted by molar-refractivity contribution is 7.99. The third-order valence-corrected chi connectivity index (χ3v) is 4.10. The summed E-state index contributed by atoms with van der Waals surface area (Å²) in [5.41, 5.74) is 0. The van der Waals surface area contributed by atoms with E-state index in [4.69, 9.17) is 5.11 Å². The lowest BCUT2D eigenvalue weighted by Crippen LogP contribution is -2.15. The van der Waals surface area contributed by atoms with Gasteiger partial charge in [0.1, 0.15) is 0 Å². The van der Waals surface area contributed by atoms with Crippen LogP contribution in [0.5, 0.6) is 0 Å². The molecule has 0 bridgehead atoms. The van der Waals surface area contributed by atoms with E-state index in [-0.39, 0.29) is 16.5 Å². The Balaban J connectivity index is 2.07. The van der Waals surface area contributed by atoms with Crippen LogP contribution in [0.25, 0.3) is 0 Å². The molecule has 1 heterocycles. The molecule has 1 rings (SSSR count). The molecular weight excluding hydrogens is 260 g/mol. The van der Waals surface area contributed by atoms with Gasteiger partial charge in [0.05, 0.1) is 4.92 Å². The Hall–Kier alpha value is -0.630. The van der Waals surface area contributed by atoms with Crippen LogP contribution < -0.4 is 5.32 Å². The number of aliphatic hydroxyl groups is 1. The second-order valence-electron chi connectivity index (χ2n) is 3.36. The highest BCUT2D eigenvalue weighted by Gasteiger charge is 2.08. The quantitative estimate of drug-likeness (QED) is 0.409. The van der Waals surface area contributed by atoms with Gasteiger partial charge in [0.25, 0.3) is 0 Å². The maximum atomic E-state index is 10.5. The van der Waals surface area contributed by atoms with Crippen molar-refractivity contribution in [2.75, 3.05) is 24.7 Å². The fourth-order valence-corrected chi connectivity index (χ4v) is 2.80. The zero-order chi connectivity index (χ0) is 12.5. The summed E-state index contributed by atoms with van der Waals surface area (Å²) in [6, 6.07) is 3.33. The van der Waals surface area contributed by atoms with Gasteiger partial charge in [0.2, 0.25) is 0 Å². The lowest BCUT2D eigenvalue weighted by molar-refractivity contribution is -0.380. The Kier molecular flexibility index (Phi) is 7.18. The molecule has 0 unspecified atom stereocenters. The summed E-state index contributed by atoms with van der Waals surface area (Å²) in [7, 11) is 0. The lowest BCUT2D eigenvalue weighted by atomic mass is 10.4. The minimum Gasteiger partial charge on any atom is -0.396 e. The van der Waals surface area contributed by atoms with Crippen LogP contribution in [0.2, 0.25) is 0 Å². The van der Waals surface area contributed by atoms with Crippen molar-refractivity contribution in [1.29, 1.82) is 0 Å². The average molecular weight is 276 g/mol. The fraction of sp³-hybridized carbons (Fsp3) is 0.600. The molecule has 2 N–H and O–H groups in total. The molecule has 0 atom stereocenters. The molecule has 0 saturated heterocycles. The first-order valence-electron chi connectivity index (χ1n) is 5.36. The molecule has 1 aromatic rings. The molecule has 0 aliphatic rings. The van der Waals surface area contributed by atoms with Crippen molar-refractivity contribution in [1.82, 2.24) is 5.32 Å². The van der Waals surface area contributed by atoms with Gasteiger partial charge in [-0.15, -0.1) is 0 Å². The summed E-state index contributed by atoms with van der Waals surface area (Å²) in [6.07, 6.45) is 0.835. The Bertz CT molecular complexity index is 344. The van der Waals surface area contributed by atoms with Crippen LogP contribution in [0.1, 0.15) is 11.3 Å². The fourth-order valence-electron chi connectivity index (χ4n) is 1.18. The largest absolute Gasteiger partial charge is 0.396 e. The number of rotatable bonds is 9. The summed E-state index contributed by atoms with van der Waals surface area (Å²) in [5.74, 6) is 1.97. The minimum atomic E-state index is -0.362. The second kappa shape index (κ2) is 8.46. The smallest absolute Gasteiger partial charge is 0.324 e. The zero-order valence-electron chi connectivity index (χ0n) is 9.42. The summed E-state index contributed by atoms with van der Waals surface area (Å²) in [5, 5.41) is 22.5. The second-order valence-corrected chi connectivity index (χ2v) is 5.73. The molecule has 17 heavy (non-hydrogen) atoms. The Morgan fingerprint density at radius 3 is 2.94 bits per heavy atom. The summed E-state index contributed by atoms with van der Waals surface area (Å²) in [4.78, 5) is 11.1. The molecule has 1 aromatic heterocycles. The van der Waals surface area contributed by atoms with Crippen molar-refractivity contribution >= 4 is 28.1 Å². The molecule has 0 radical (unpaired) electrons. The normalized spacial score (nSPS) is 10.6. The first-order valence-corrected chi connectivity index (χ1v) is 7.33. The van der Waals surface area contributed by atoms with E-state index in [1.807, 2.05) is 0 Å². The third kappa shape index (κ3) is 6.02. The topological polar surface area (TPSA) is 75.4 Å². The van der Waals surface area contributed by atoms with Crippen molar-refractivity contribution in [3.05, 3.63) is 27.1 Å². The van der Waals surface area contributed by atoms with Crippen molar-refractivity contribution in [3.8, 4) is 0 Å². The minimum absolute atomic E-state index is 0.194. The summed E-state index contributed by atoms with van der Waals surface area (Å²) in [6.45, 7) is 1.81. The van der Waals surface area contributed by atoms with Crippen molar-refractivity contribution in [2.24, 2.45) is 0 Å². The Morgan fingerprint density at radius 1 is 1.47 bits per heavy atom. The molecule has 5 nitrogen and oxygen atoms in total. The Labute approximate surface area is 108 Å². The number of hydrogen-bond acceptors (Lipinski definition) is 6. The molecule has 0 saturated carbocycles. The number of nitrogens with one attached hydrogen (secondary N) is 1. The van der Waals surface area contributed by atoms with E-state index in [2.05, 4.69) is 5.32 Å². The highest BCUT2D eigenvalue weighted by atomic mass is 32.2. The number of nitro groups is 1. The van der Waals surface area contributed by atoms with Gasteiger partial charge in [-0.05, 0) is 18.2 Å². The van der Waals surface area contributed by atoms with Crippen LogP contribution in [0.4, 0.5) is 5.00 Å². The van der Waals surface area contributed by atoms with Crippen LogP contribution in [-0.2, 0) is 6.54 Å². The SMILES string of the molecule is O=[N+]([O-])c1ccc(CNCCSCCCO)s1. The van der Waals surface area contributed by atoms with Crippen LogP contribution in [0, 0.1) is 10.1 Å². The summed E-state index contributed by atoms with van der Waals surface area (Å²) >= 11 is 3.01. The zero-order valence-corrected chi connectivity index (χ0v) is 11.1. The Morgan fingerprint density at radius 2 is 2.29 bits per heavy atom. The van der Waals surface area contributed by atoms with Crippen LogP contribution in [0.3, 0.4) is 0 Å². The van der Waals surface area contributed by atoms with E-state index >= 15 is 0 Å². The molecule has 0 fully saturated rings. The number of hydrogen-bond donors (Lipinski definition) is 2. The van der Waals surface area contributed by atoms with Crippen LogP contribution >= 0.6 is 23.1 Å². The standard InChI is InChI=1S/C10H16N2O3S2/c13-5-1-6-16-7-4-11-8-9-2-3-10(17-9)12(14)15/h2-3,11,13H,1,4-8H2. The van der Waals surface area contributed by atoms with E-state index in [9.17, 15) is 10.1 Å². The molecule has 7 heteroatoms. The van der Waals surface area contributed by atoms with Gasteiger partial charge in [-0.2, -0.15) is 11.8 Å². The van der Waals surface area contributed by atoms with E-state index in [0.29, 0.717) is 6.54 Å². The molecule has 0 amide bonds. The van der Waals surface area contributed by atoms with Crippen molar-refractivity contribution < 1.29 is 10.0 Å². The van der Waals surface area contributed by atoms with Gasteiger partial charge in [0, 0.05) is 36.4 Å². The van der Waals surface area contributed by atoms with Gasteiger partial charge in [0.15, 0.2) is 0 Å². The van der Waals surface area contributed by atoms with Crippen molar-refractivity contribution in [2.45, 2.75) is 13.0 Å². The number of thioether (sulfide) groups is 1. The van der Waals surface area contributed by atoms with E-state index in [0.717, 1.165) is 29.3 Å². The molecule has 0 aliphatic heterocycles. The number of aliphatic hydroxyl groups excluding tert-OH is 1. The first-order chi connectivity index (χ1) is 8.24. The maximum absolute atomic E-state index is 10.5. The van der Waals surface area contributed by atoms with Gasteiger partial charge < -0.3 is 10.4 Å². The number of nitrogens with zero attached hydrogens (tertiary/aromatic N) is 1. The van der Waals surface area contributed by atoms with Gasteiger partial charge in [-0.3, -0.25) is 10.1 Å². The molecular formula is C10H16N2O3S2. The third-order valence-electron chi connectivity index (χ3n) is 2.00. The average Bonchev–Trinajstić information content (AvgIpc) is 2.77. The number of thiophene rings is 1. The molecule has 0 aliphatic carbocycles. The lowest BCUT2D eigenvalue weighted by Gasteiger charge is -2.02. The maximum Gasteiger partial charge on any atom is 0.324 e. The predicted molar refractivity (Wildman–Crippen MR) is 71.7 cm³/mol. The predicted octanol–water partition coefficient (Wildman–Crippen LogP) is 1.86. The van der Waals surface area contributed by atoms with Crippen LogP contribution in [-0.4, -0.2) is 34.7 Å². The van der Waals surface area contributed by atoms with E-state index in [1.165, 1.54) is 17.4 Å². The van der Waals surface area contributed by atoms with E-state index in [1.54, 1.807) is 17.8 Å². The monoisotopic (exact) mass is 276 g/mol. The van der Waals surface area contributed by atoms with Gasteiger partial charge in [-0.1, -0.05) is 11.3 Å². The first kappa shape index (κ1) is 14.4. The molecule has 96 valence electrons. The van der Waals surface area contributed by atoms with E-state index < -0.39 is 0 Å². The molecule has 0 spiro atoms. The summed E-state index contributed by atoms with van der Waals surface area (Å²) < 4.78 is 0. The van der Waals surface area contributed by atoms with Gasteiger partial charge in [-0.25, -0.2) is 0 Å².